The second-order valence-electron chi connectivity index (χ2n) is 4.55. The Hall–Kier alpha value is -1.64. The first kappa shape index (κ1) is 11.8. The lowest BCUT2D eigenvalue weighted by atomic mass is 9.93. The molecule has 2 rings (SSSR count). The third kappa shape index (κ3) is 3.41. The van der Waals surface area contributed by atoms with E-state index >= 15 is 0 Å². The minimum atomic E-state index is 0.140. The summed E-state index contributed by atoms with van der Waals surface area (Å²) in [5.41, 5.74) is 7.84. The van der Waals surface area contributed by atoms with Gasteiger partial charge in [-0.25, -0.2) is 4.98 Å². The third-order valence-corrected chi connectivity index (χ3v) is 3.15. The average Bonchev–Trinajstić information content (AvgIpc) is 2.33. The van der Waals surface area contributed by atoms with Crippen LogP contribution in [-0.4, -0.2) is 10.8 Å². The molecule has 1 fully saturated rings. The molecule has 17 heavy (non-hydrogen) atoms. The molecule has 0 radical (unpaired) electrons. The van der Waals surface area contributed by atoms with Crippen LogP contribution in [0.4, 0.5) is 5.82 Å². The molecule has 1 heterocycles. The minimum absolute atomic E-state index is 0.140. The number of allylic oxidation sites excluding steroid dienone is 2. The number of aromatic nitrogens is 1. The molecule has 1 aliphatic carbocycles. The van der Waals surface area contributed by atoms with E-state index in [0.717, 1.165) is 18.4 Å². The van der Waals surface area contributed by atoms with E-state index in [0.29, 0.717) is 12.2 Å². The fourth-order valence-electron chi connectivity index (χ4n) is 2.22. The number of nitrogens with two attached hydrogens (primary N) is 1. The lowest BCUT2D eigenvalue weighted by Crippen LogP contribution is -2.05. The molecule has 0 aliphatic heterocycles. The highest BCUT2D eigenvalue weighted by Gasteiger charge is 2.09. The molecule has 0 aromatic carbocycles. The number of pyridine rings is 1. The number of hydrogen-bond acceptors (Lipinski definition) is 3. The molecule has 0 unspecified atom stereocenters. The van der Waals surface area contributed by atoms with Crippen molar-refractivity contribution in [2.24, 2.45) is 0 Å². The van der Waals surface area contributed by atoms with Crippen LogP contribution in [0.5, 0.6) is 0 Å². The van der Waals surface area contributed by atoms with E-state index in [1.54, 1.807) is 6.20 Å². The summed E-state index contributed by atoms with van der Waals surface area (Å²) in [6, 6.07) is 3.67. The van der Waals surface area contributed by atoms with Gasteiger partial charge >= 0.3 is 0 Å². The molecule has 2 N–H and O–H groups in total. The summed E-state index contributed by atoms with van der Waals surface area (Å²) in [5.74, 6) is 0.601. The molecule has 0 atom stereocenters. The maximum absolute atomic E-state index is 11.9. The zero-order valence-corrected chi connectivity index (χ0v) is 9.98. The Morgan fingerprint density at radius 2 is 2.12 bits per heavy atom. The topological polar surface area (TPSA) is 56.0 Å². The minimum Gasteiger partial charge on any atom is -0.383 e. The van der Waals surface area contributed by atoms with Gasteiger partial charge < -0.3 is 5.73 Å². The van der Waals surface area contributed by atoms with Crippen LogP contribution in [0.15, 0.2) is 30.0 Å². The summed E-state index contributed by atoms with van der Waals surface area (Å²) in [7, 11) is 0. The molecular weight excluding hydrogens is 212 g/mol. The van der Waals surface area contributed by atoms with Gasteiger partial charge in [-0.2, -0.15) is 0 Å². The van der Waals surface area contributed by atoms with E-state index in [2.05, 4.69) is 4.98 Å². The zero-order chi connectivity index (χ0) is 12.1. The van der Waals surface area contributed by atoms with Crippen molar-refractivity contribution < 1.29 is 4.79 Å². The summed E-state index contributed by atoms with van der Waals surface area (Å²) in [4.78, 5) is 15.9. The molecule has 1 aliphatic rings. The first-order valence-electron chi connectivity index (χ1n) is 6.17. The van der Waals surface area contributed by atoms with E-state index in [4.69, 9.17) is 5.73 Å². The summed E-state index contributed by atoms with van der Waals surface area (Å²) < 4.78 is 0. The number of carbonyl (C=O) groups is 1. The molecule has 0 spiro atoms. The quantitative estimate of drug-likeness (QED) is 0.812. The summed E-state index contributed by atoms with van der Waals surface area (Å²) in [6.07, 6.45) is 9.70. The molecule has 0 amide bonds. The molecular formula is C14H18N2O. The number of nitrogen functional groups attached to an aromatic ring is 1. The Morgan fingerprint density at radius 3 is 2.82 bits per heavy atom. The van der Waals surface area contributed by atoms with Gasteiger partial charge in [0.2, 0.25) is 0 Å². The van der Waals surface area contributed by atoms with Crippen molar-refractivity contribution in [1.82, 2.24) is 4.98 Å². The van der Waals surface area contributed by atoms with Crippen LogP contribution in [0.3, 0.4) is 0 Å². The number of carbonyl (C=O) groups excluding carboxylic acids is 1. The van der Waals surface area contributed by atoms with Crippen molar-refractivity contribution in [3.63, 3.8) is 0 Å². The van der Waals surface area contributed by atoms with E-state index in [9.17, 15) is 4.79 Å². The SMILES string of the molecule is Nc1ncccc1CC(=O)C=C1CCCCC1. The number of ketones is 1. The van der Waals surface area contributed by atoms with Crippen molar-refractivity contribution in [2.75, 3.05) is 5.73 Å². The van der Waals surface area contributed by atoms with Crippen molar-refractivity contribution >= 4 is 11.6 Å². The van der Waals surface area contributed by atoms with Crippen molar-refractivity contribution in [2.45, 2.75) is 38.5 Å². The summed E-state index contributed by atoms with van der Waals surface area (Å²) in [5, 5.41) is 0. The third-order valence-electron chi connectivity index (χ3n) is 3.15. The van der Waals surface area contributed by atoms with E-state index in [1.165, 1.54) is 24.8 Å². The van der Waals surface area contributed by atoms with Crippen molar-refractivity contribution in [3.05, 3.63) is 35.5 Å². The highest BCUT2D eigenvalue weighted by molar-refractivity contribution is 5.92. The first-order valence-corrected chi connectivity index (χ1v) is 6.17. The Bertz CT molecular complexity index is 430. The Balaban J connectivity index is 1.99. The largest absolute Gasteiger partial charge is 0.383 e. The molecule has 90 valence electrons. The zero-order valence-electron chi connectivity index (χ0n) is 9.98. The van der Waals surface area contributed by atoms with Crippen molar-refractivity contribution in [1.29, 1.82) is 0 Å². The van der Waals surface area contributed by atoms with Crippen LogP contribution in [0, 0.1) is 0 Å². The predicted molar refractivity (Wildman–Crippen MR) is 68.5 cm³/mol. The maximum atomic E-state index is 11.9. The maximum Gasteiger partial charge on any atom is 0.160 e. The lowest BCUT2D eigenvalue weighted by Gasteiger charge is -2.12. The molecule has 0 bridgehead atoms. The standard InChI is InChI=1S/C14H18N2O/c15-14-12(7-4-8-16-14)10-13(17)9-11-5-2-1-3-6-11/h4,7-9H,1-3,5-6,10H2,(H2,15,16). The molecule has 1 aromatic heterocycles. The second-order valence-corrected chi connectivity index (χ2v) is 4.55. The Morgan fingerprint density at radius 1 is 1.35 bits per heavy atom. The van der Waals surface area contributed by atoms with E-state index < -0.39 is 0 Å². The van der Waals surface area contributed by atoms with Crippen LogP contribution in [0.25, 0.3) is 0 Å². The van der Waals surface area contributed by atoms with Gasteiger partial charge in [-0.3, -0.25) is 4.79 Å². The number of anilines is 1. The van der Waals surface area contributed by atoms with Gasteiger partial charge in [-0.15, -0.1) is 0 Å². The van der Waals surface area contributed by atoms with Gasteiger partial charge in [-0.1, -0.05) is 18.1 Å². The average molecular weight is 230 g/mol. The summed E-state index contributed by atoms with van der Waals surface area (Å²) >= 11 is 0. The van der Waals surface area contributed by atoms with Crippen LogP contribution in [0.2, 0.25) is 0 Å². The van der Waals surface area contributed by atoms with Crippen LogP contribution < -0.4 is 5.73 Å². The van der Waals surface area contributed by atoms with Crippen molar-refractivity contribution in [3.8, 4) is 0 Å². The van der Waals surface area contributed by atoms with E-state index in [1.807, 2.05) is 18.2 Å². The highest BCUT2D eigenvalue weighted by atomic mass is 16.1. The smallest absolute Gasteiger partial charge is 0.160 e. The van der Waals surface area contributed by atoms with Gasteiger partial charge in [0.25, 0.3) is 0 Å². The number of rotatable bonds is 3. The second kappa shape index (κ2) is 5.62. The van der Waals surface area contributed by atoms with Gasteiger partial charge in [0.05, 0.1) is 0 Å². The Kier molecular flexibility index (Phi) is 3.91. The van der Waals surface area contributed by atoms with Gasteiger partial charge in [0.15, 0.2) is 5.78 Å². The Labute approximate surface area is 102 Å². The first-order chi connectivity index (χ1) is 8.25. The summed E-state index contributed by atoms with van der Waals surface area (Å²) in [6.45, 7) is 0. The highest BCUT2D eigenvalue weighted by Crippen LogP contribution is 2.22. The predicted octanol–water partition coefficient (Wildman–Crippen LogP) is 2.67. The molecule has 0 saturated heterocycles. The molecule has 3 nitrogen and oxygen atoms in total. The molecule has 3 heteroatoms. The monoisotopic (exact) mass is 230 g/mol. The number of nitrogens with zero attached hydrogens (tertiary/aromatic N) is 1. The lowest BCUT2D eigenvalue weighted by molar-refractivity contribution is -0.114. The van der Waals surface area contributed by atoms with Gasteiger partial charge in [-0.05, 0) is 37.8 Å². The van der Waals surface area contributed by atoms with Crippen LogP contribution in [-0.2, 0) is 11.2 Å². The van der Waals surface area contributed by atoms with Gasteiger partial charge in [0.1, 0.15) is 5.82 Å². The normalized spacial score (nSPS) is 15.6. The number of hydrogen-bond donors (Lipinski definition) is 1. The van der Waals surface area contributed by atoms with Gasteiger partial charge in [0, 0.05) is 18.2 Å². The molecule has 1 aromatic rings. The molecule has 1 saturated carbocycles. The fourth-order valence-corrected chi connectivity index (χ4v) is 2.22. The van der Waals surface area contributed by atoms with E-state index in [-0.39, 0.29) is 5.78 Å². The van der Waals surface area contributed by atoms with Crippen LogP contribution >= 0.6 is 0 Å². The van der Waals surface area contributed by atoms with Crippen LogP contribution in [0.1, 0.15) is 37.7 Å². The fraction of sp³-hybridized carbons (Fsp3) is 0.429.